The highest BCUT2D eigenvalue weighted by molar-refractivity contribution is 6.32. The summed E-state index contributed by atoms with van der Waals surface area (Å²) in [5, 5.41) is 8.65. The van der Waals surface area contributed by atoms with Gasteiger partial charge in [-0.1, -0.05) is 17.7 Å². The number of rotatable bonds is 2. The maximum absolute atomic E-state index is 10.7. The van der Waals surface area contributed by atoms with Gasteiger partial charge in [-0.2, -0.15) is 0 Å². The molecule has 0 saturated heterocycles. The Morgan fingerprint density at radius 2 is 2.12 bits per heavy atom. The van der Waals surface area contributed by atoms with Gasteiger partial charge < -0.3 is 5.11 Å². The minimum absolute atomic E-state index is 0.0943. The Labute approximate surface area is 95.8 Å². The van der Waals surface area contributed by atoms with E-state index in [0.717, 1.165) is 0 Å². The molecular formula is C10H6ClN3O2. The Morgan fingerprint density at radius 3 is 2.69 bits per heavy atom. The monoisotopic (exact) mass is 235 g/mol. The standard InChI is InChI=1S/C10H6ClN3O2/c11-8-6(10(15)16)5-13-9(14-8)7-3-1-2-4-12-7/h1-5H,(H,15,16). The number of carboxylic acids is 1. The SMILES string of the molecule is O=C(O)c1cnc(-c2ccccn2)nc1Cl. The Hall–Kier alpha value is -2.01. The first-order valence-electron chi connectivity index (χ1n) is 4.35. The third-order valence-corrected chi connectivity index (χ3v) is 2.15. The van der Waals surface area contributed by atoms with Gasteiger partial charge in [0.1, 0.15) is 16.4 Å². The van der Waals surface area contributed by atoms with Crippen LogP contribution >= 0.6 is 11.6 Å². The first kappa shape index (κ1) is 10.5. The van der Waals surface area contributed by atoms with E-state index in [4.69, 9.17) is 16.7 Å². The van der Waals surface area contributed by atoms with Gasteiger partial charge in [-0.3, -0.25) is 4.98 Å². The molecule has 0 bridgehead atoms. The first-order chi connectivity index (χ1) is 7.68. The van der Waals surface area contributed by atoms with Crippen LogP contribution in [0.4, 0.5) is 0 Å². The highest BCUT2D eigenvalue weighted by Gasteiger charge is 2.12. The van der Waals surface area contributed by atoms with Crippen molar-refractivity contribution < 1.29 is 9.90 Å². The fourth-order valence-corrected chi connectivity index (χ4v) is 1.33. The molecule has 0 radical (unpaired) electrons. The molecule has 1 N–H and O–H groups in total. The number of aromatic carboxylic acids is 1. The summed E-state index contributed by atoms with van der Waals surface area (Å²) < 4.78 is 0. The largest absolute Gasteiger partial charge is 0.478 e. The summed E-state index contributed by atoms with van der Waals surface area (Å²) in [6.07, 6.45) is 2.76. The predicted molar refractivity (Wildman–Crippen MR) is 57.2 cm³/mol. The zero-order valence-corrected chi connectivity index (χ0v) is 8.72. The molecule has 80 valence electrons. The molecule has 0 unspecified atom stereocenters. The number of pyridine rings is 1. The molecule has 0 aliphatic carbocycles. The minimum Gasteiger partial charge on any atom is -0.478 e. The molecular weight excluding hydrogens is 230 g/mol. The number of carboxylic acid groups (broad SMARTS) is 1. The van der Waals surface area contributed by atoms with Crippen molar-refractivity contribution in [3.05, 3.63) is 41.3 Å². The van der Waals surface area contributed by atoms with E-state index in [1.165, 1.54) is 6.20 Å². The van der Waals surface area contributed by atoms with E-state index in [1.54, 1.807) is 24.4 Å². The van der Waals surface area contributed by atoms with Crippen molar-refractivity contribution in [3.63, 3.8) is 0 Å². The summed E-state index contributed by atoms with van der Waals surface area (Å²) >= 11 is 5.71. The highest BCUT2D eigenvalue weighted by atomic mass is 35.5. The molecule has 0 aliphatic heterocycles. The van der Waals surface area contributed by atoms with Crippen molar-refractivity contribution in [2.45, 2.75) is 0 Å². The van der Waals surface area contributed by atoms with Crippen LogP contribution in [0, 0.1) is 0 Å². The molecule has 2 heterocycles. The van der Waals surface area contributed by atoms with Crippen LogP contribution in [0.15, 0.2) is 30.6 Å². The quantitative estimate of drug-likeness (QED) is 0.805. The summed E-state index contributed by atoms with van der Waals surface area (Å²) in [4.78, 5) is 22.5. The number of halogens is 1. The molecule has 2 rings (SSSR count). The molecule has 5 nitrogen and oxygen atoms in total. The lowest BCUT2D eigenvalue weighted by Gasteiger charge is -2.01. The molecule has 16 heavy (non-hydrogen) atoms. The van der Waals surface area contributed by atoms with E-state index in [1.807, 2.05) is 0 Å². The van der Waals surface area contributed by atoms with Crippen LogP contribution in [0.25, 0.3) is 11.5 Å². The van der Waals surface area contributed by atoms with Gasteiger partial charge in [0.25, 0.3) is 0 Å². The molecule has 0 saturated carbocycles. The van der Waals surface area contributed by atoms with E-state index in [0.29, 0.717) is 11.5 Å². The fourth-order valence-electron chi connectivity index (χ4n) is 1.12. The number of carbonyl (C=O) groups is 1. The summed E-state index contributed by atoms with van der Waals surface area (Å²) in [5.74, 6) is -0.854. The van der Waals surface area contributed by atoms with Gasteiger partial charge in [0, 0.05) is 12.4 Å². The number of nitrogens with zero attached hydrogens (tertiary/aromatic N) is 3. The Balaban J connectivity index is 2.46. The number of hydrogen-bond acceptors (Lipinski definition) is 4. The van der Waals surface area contributed by atoms with Crippen molar-refractivity contribution in [2.75, 3.05) is 0 Å². The molecule has 0 aromatic carbocycles. The predicted octanol–water partition coefficient (Wildman–Crippen LogP) is 1.89. The lowest BCUT2D eigenvalue weighted by Crippen LogP contribution is -2.02. The van der Waals surface area contributed by atoms with Crippen LogP contribution in [-0.4, -0.2) is 26.0 Å². The summed E-state index contributed by atoms with van der Waals surface area (Å²) in [6, 6.07) is 5.26. The van der Waals surface area contributed by atoms with Gasteiger partial charge in [-0.15, -0.1) is 0 Å². The van der Waals surface area contributed by atoms with Crippen molar-refractivity contribution >= 4 is 17.6 Å². The molecule has 2 aromatic heterocycles. The van der Waals surface area contributed by atoms with Crippen LogP contribution in [-0.2, 0) is 0 Å². The second-order valence-corrected chi connectivity index (χ2v) is 3.28. The number of hydrogen-bond donors (Lipinski definition) is 1. The van der Waals surface area contributed by atoms with Crippen LogP contribution in [0.3, 0.4) is 0 Å². The van der Waals surface area contributed by atoms with E-state index in [2.05, 4.69) is 15.0 Å². The molecule has 0 spiro atoms. The topological polar surface area (TPSA) is 76.0 Å². The molecule has 2 aromatic rings. The zero-order chi connectivity index (χ0) is 11.5. The third-order valence-electron chi connectivity index (χ3n) is 1.87. The Morgan fingerprint density at radius 1 is 1.31 bits per heavy atom. The van der Waals surface area contributed by atoms with Crippen molar-refractivity contribution in [2.24, 2.45) is 0 Å². The van der Waals surface area contributed by atoms with Gasteiger partial charge in [0.2, 0.25) is 0 Å². The smallest absolute Gasteiger partial charge is 0.340 e. The van der Waals surface area contributed by atoms with E-state index >= 15 is 0 Å². The van der Waals surface area contributed by atoms with Crippen LogP contribution in [0.2, 0.25) is 5.15 Å². The van der Waals surface area contributed by atoms with Crippen LogP contribution < -0.4 is 0 Å². The second kappa shape index (κ2) is 4.24. The van der Waals surface area contributed by atoms with Crippen molar-refractivity contribution in [1.29, 1.82) is 0 Å². The lowest BCUT2D eigenvalue weighted by atomic mass is 10.3. The zero-order valence-electron chi connectivity index (χ0n) is 7.96. The van der Waals surface area contributed by atoms with Gasteiger partial charge >= 0.3 is 5.97 Å². The summed E-state index contributed by atoms with van der Waals surface area (Å²) in [6.45, 7) is 0. The van der Waals surface area contributed by atoms with E-state index in [9.17, 15) is 4.79 Å². The molecule has 0 aliphatic rings. The third kappa shape index (κ3) is 1.99. The minimum atomic E-state index is -1.16. The van der Waals surface area contributed by atoms with Gasteiger partial charge in [0.15, 0.2) is 5.82 Å². The first-order valence-corrected chi connectivity index (χ1v) is 4.73. The average molecular weight is 236 g/mol. The lowest BCUT2D eigenvalue weighted by molar-refractivity contribution is 0.0696. The van der Waals surface area contributed by atoms with Crippen molar-refractivity contribution in [1.82, 2.24) is 15.0 Å². The van der Waals surface area contributed by atoms with E-state index < -0.39 is 5.97 Å². The average Bonchev–Trinajstić information content (AvgIpc) is 2.29. The highest BCUT2D eigenvalue weighted by Crippen LogP contribution is 2.17. The fraction of sp³-hybridized carbons (Fsp3) is 0. The second-order valence-electron chi connectivity index (χ2n) is 2.92. The molecule has 0 fully saturated rings. The van der Waals surface area contributed by atoms with Gasteiger partial charge in [-0.25, -0.2) is 14.8 Å². The van der Waals surface area contributed by atoms with Crippen LogP contribution in [0.5, 0.6) is 0 Å². The molecule has 0 amide bonds. The van der Waals surface area contributed by atoms with Crippen LogP contribution in [0.1, 0.15) is 10.4 Å². The molecule has 0 atom stereocenters. The van der Waals surface area contributed by atoms with Crippen molar-refractivity contribution in [3.8, 4) is 11.5 Å². The molecule has 6 heteroatoms. The van der Waals surface area contributed by atoms with Gasteiger partial charge in [-0.05, 0) is 12.1 Å². The number of aromatic nitrogens is 3. The maximum Gasteiger partial charge on any atom is 0.340 e. The Bertz CT molecular complexity index is 531. The maximum atomic E-state index is 10.7. The van der Waals surface area contributed by atoms with Gasteiger partial charge in [0.05, 0.1) is 0 Å². The summed E-state index contributed by atoms with van der Waals surface area (Å²) in [5.41, 5.74) is 0.419. The normalized spacial score (nSPS) is 10.1. The van der Waals surface area contributed by atoms with E-state index in [-0.39, 0.29) is 10.7 Å². The summed E-state index contributed by atoms with van der Waals surface area (Å²) in [7, 11) is 0. The Kier molecular flexibility index (Phi) is 2.78.